The third-order valence-corrected chi connectivity index (χ3v) is 7.43. The van der Waals surface area contributed by atoms with E-state index in [-0.39, 0.29) is 30.7 Å². The summed E-state index contributed by atoms with van der Waals surface area (Å²) in [5, 5.41) is 11.3. The molecule has 1 amide bonds. The molecule has 36 heavy (non-hydrogen) atoms. The van der Waals surface area contributed by atoms with Gasteiger partial charge < -0.3 is 15.1 Å². The zero-order valence-electron chi connectivity index (χ0n) is 19.8. The van der Waals surface area contributed by atoms with E-state index in [1.54, 1.807) is 18.2 Å². The molecule has 0 spiro atoms. The lowest BCUT2D eigenvalue weighted by molar-refractivity contribution is 0.0728. The van der Waals surface area contributed by atoms with Crippen molar-refractivity contribution in [3.63, 3.8) is 0 Å². The minimum absolute atomic E-state index is 0.000303. The Kier molecular flexibility index (Phi) is 6.63. The molecule has 2 aromatic heterocycles. The van der Waals surface area contributed by atoms with Crippen LogP contribution in [0.25, 0.3) is 11.5 Å². The van der Waals surface area contributed by atoms with E-state index in [0.717, 1.165) is 16.3 Å². The Morgan fingerprint density at radius 1 is 1.28 bits per heavy atom. The first kappa shape index (κ1) is 24.5. The second-order valence-electron chi connectivity index (χ2n) is 9.35. The van der Waals surface area contributed by atoms with Gasteiger partial charge in [0.2, 0.25) is 11.8 Å². The van der Waals surface area contributed by atoms with Gasteiger partial charge in [-0.25, -0.2) is 9.37 Å². The molecule has 0 aliphatic carbocycles. The third-order valence-electron chi connectivity index (χ3n) is 6.15. The van der Waals surface area contributed by atoms with Crippen molar-refractivity contribution in [2.24, 2.45) is 5.73 Å². The molecule has 2 N–H and O–H groups in total. The fourth-order valence-electron chi connectivity index (χ4n) is 4.44. The number of amides is 1. The summed E-state index contributed by atoms with van der Waals surface area (Å²) >= 11 is 7.80. The number of aromatic nitrogens is 3. The molecule has 0 bridgehead atoms. The number of aryl methyl sites for hydroxylation is 1. The Morgan fingerprint density at radius 2 is 2.06 bits per heavy atom. The highest BCUT2D eigenvalue weighted by Gasteiger charge is 2.38. The number of rotatable bonds is 6. The highest BCUT2D eigenvalue weighted by Crippen LogP contribution is 2.37. The molecule has 5 rings (SSSR count). The molecular weight excluding hydrogens is 501 g/mol. The Hall–Kier alpha value is -3.14. The van der Waals surface area contributed by atoms with Crippen LogP contribution in [-0.4, -0.2) is 38.7 Å². The first-order chi connectivity index (χ1) is 17.2. The summed E-state index contributed by atoms with van der Waals surface area (Å²) in [6, 6.07) is 14.2. The van der Waals surface area contributed by atoms with Crippen molar-refractivity contribution in [2.45, 2.75) is 44.4 Å². The summed E-state index contributed by atoms with van der Waals surface area (Å²) < 4.78 is 20.3. The summed E-state index contributed by atoms with van der Waals surface area (Å²) in [4.78, 5) is 19.5. The molecule has 1 saturated heterocycles. The molecule has 4 aromatic rings. The van der Waals surface area contributed by atoms with Crippen LogP contribution in [0, 0.1) is 6.92 Å². The monoisotopic (exact) mass is 525 g/mol. The molecule has 1 fully saturated rings. The lowest BCUT2D eigenvalue weighted by atomic mass is 9.94. The van der Waals surface area contributed by atoms with E-state index in [0.29, 0.717) is 22.6 Å². The van der Waals surface area contributed by atoms with Crippen LogP contribution in [0.15, 0.2) is 58.3 Å². The molecule has 10 heteroatoms. The second kappa shape index (κ2) is 9.72. The highest BCUT2D eigenvalue weighted by molar-refractivity contribution is 7.09. The normalized spacial score (nSPS) is 19.4. The van der Waals surface area contributed by atoms with Gasteiger partial charge in [-0.05, 0) is 44.0 Å². The minimum atomic E-state index is -1.12. The molecule has 3 atom stereocenters. The van der Waals surface area contributed by atoms with Gasteiger partial charge in [-0.2, -0.15) is 0 Å². The maximum Gasteiger partial charge on any atom is 0.254 e. The fourth-order valence-corrected chi connectivity index (χ4v) is 5.59. The number of carbonyl (C=O) groups is 1. The average molecular weight is 526 g/mol. The van der Waals surface area contributed by atoms with E-state index in [1.807, 2.05) is 49.6 Å². The van der Waals surface area contributed by atoms with Crippen molar-refractivity contribution in [1.29, 1.82) is 0 Å². The van der Waals surface area contributed by atoms with Gasteiger partial charge >= 0.3 is 0 Å². The number of nitrogens with zero attached hydrogens (tertiary/aromatic N) is 4. The van der Waals surface area contributed by atoms with Crippen molar-refractivity contribution < 1.29 is 13.6 Å². The minimum Gasteiger partial charge on any atom is -0.419 e. The Balaban J connectivity index is 1.41. The molecule has 1 unspecified atom stereocenters. The SMILES string of the molecule is Cc1csc([C@H]2C[C@H](F)CN2C(=O)c2cc(Cl)cc(-c3nnc(C(C)(N)Cc4ccccc4)o3)c2)n1. The number of halogens is 2. The summed E-state index contributed by atoms with van der Waals surface area (Å²) in [6.45, 7) is 3.70. The largest absolute Gasteiger partial charge is 0.419 e. The summed E-state index contributed by atoms with van der Waals surface area (Å²) in [5.74, 6) is 0.139. The van der Waals surface area contributed by atoms with E-state index in [9.17, 15) is 9.18 Å². The van der Waals surface area contributed by atoms with Gasteiger partial charge in [-0.1, -0.05) is 41.9 Å². The number of alkyl halides is 1. The van der Waals surface area contributed by atoms with Gasteiger partial charge in [-0.15, -0.1) is 21.5 Å². The van der Waals surface area contributed by atoms with Gasteiger partial charge in [0.25, 0.3) is 5.91 Å². The first-order valence-corrected chi connectivity index (χ1v) is 12.8. The highest BCUT2D eigenvalue weighted by atomic mass is 35.5. The maximum absolute atomic E-state index is 14.4. The number of nitrogens with two attached hydrogens (primary N) is 1. The standard InChI is InChI=1S/C26H25ClFN5O2S/c1-15-14-36-23(30-15)21-11-20(28)13-33(21)24(34)18-8-17(9-19(27)10-18)22-31-32-25(35-22)26(2,29)12-16-6-4-3-5-7-16/h3-10,14,20-21H,11-13,29H2,1-2H3/t20-,21+,26?/m0/s1. The van der Waals surface area contributed by atoms with E-state index in [4.69, 9.17) is 21.8 Å². The van der Waals surface area contributed by atoms with Gasteiger partial charge in [-0.3, -0.25) is 4.79 Å². The van der Waals surface area contributed by atoms with E-state index < -0.39 is 17.8 Å². The summed E-state index contributed by atoms with van der Waals surface area (Å²) in [5.41, 5.74) is 8.30. The fraction of sp³-hybridized carbons (Fsp3) is 0.308. The van der Waals surface area contributed by atoms with Gasteiger partial charge in [0.1, 0.15) is 11.2 Å². The predicted octanol–water partition coefficient (Wildman–Crippen LogP) is 5.50. The van der Waals surface area contributed by atoms with Crippen molar-refractivity contribution in [1.82, 2.24) is 20.1 Å². The smallest absolute Gasteiger partial charge is 0.254 e. The Labute approximate surface area is 217 Å². The Bertz CT molecular complexity index is 1390. The van der Waals surface area contributed by atoms with Crippen LogP contribution in [0.2, 0.25) is 5.02 Å². The van der Waals surface area contributed by atoms with E-state index >= 15 is 0 Å². The number of carbonyl (C=O) groups excluding carboxylic acids is 1. The lowest BCUT2D eigenvalue weighted by Gasteiger charge is -2.23. The molecule has 7 nitrogen and oxygen atoms in total. The van der Waals surface area contributed by atoms with Crippen LogP contribution >= 0.6 is 22.9 Å². The van der Waals surface area contributed by atoms with Crippen molar-refractivity contribution in [3.05, 3.63) is 86.7 Å². The number of thiazole rings is 1. The van der Waals surface area contributed by atoms with Crippen LogP contribution in [0.5, 0.6) is 0 Å². The zero-order chi connectivity index (χ0) is 25.4. The van der Waals surface area contributed by atoms with Crippen LogP contribution in [-0.2, 0) is 12.0 Å². The van der Waals surface area contributed by atoms with Crippen LogP contribution in [0.1, 0.15) is 51.9 Å². The first-order valence-electron chi connectivity index (χ1n) is 11.5. The average Bonchev–Trinajstić information content (AvgIpc) is 3.58. The Morgan fingerprint density at radius 3 is 2.78 bits per heavy atom. The van der Waals surface area contributed by atoms with Crippen molar-refractivity contribution >= 4 is 28.8 Å². The quantitative estimate of drug-likeness (QED) is 0.357. The molecule has 1 aliphatic rings. The molecule has 186 valence electrons. The van der Waals surface area contributed by atoms with Gasteiger partial charge in [0, 0.05) is 33.6 Å². The molecule has 0 radical (unpaired) electrons. The zero-order valence-corrected chi connectivity index (χ0v) is 21.4. The predicted molar refractivity (Wildman–Crippen MR) is 137 cm³/mol. The number of likely N-dealkylation sites (tertiary alicyclic amines) is 1. The summed E-state index contributed by atoms with van der Waals surface area (Å²) in [7, 11) is 0. The van der Waals surface area contributed by atoms with Crippen LogP contribution in [0.3, 0.4) is 0 Å². The van der Waals surface area contributed by atoms with Crippen molar-refractivity contribution in [2.75, 3.05) is 6.54 Å². The summed E-state index contributed by atoms with van der Waals surface area (Å²) in [6.07, 6.45) is -0.395. The maximum atomic E-state index is 14.4. The molecule has 3 heterocycles. The van der Waals surface area contributed by atoms with E-state index in [2.05, 4.69) is 15.2 Å². The van der Waals surface area contributed by atoms with Crippen LogP contribution in [0.4, 0.5) is 4.39 Å². The number of benzene rings is 2. The van der Waals surface area contributed by atoms with Crippen LogP contribution < -0.4 is 5.73 Å². The number of hydrogen-bond acceptors (Lipinski definition) is 7. The third kappa shape index (κ3) is 5.04. The molecule has 2 aromatic carbocycles. The topological polar surface area (TPSA) is 98.1 Å². The molecule has 0 saturated carbocycles. The molecule has 1 aliphatic heterocycles. The second-order valence-corrected chi connectivity index (χ2v) is 10.7. The van der Waals surface area contributed by atoms with Gasteiger partial charge in [0.05, 0.1) is 18.1 Å². The lowest BCUT2D eigenvalue weighted by Crippen LogP contribution is -2.35. The molecular formula is C26H25ClFN5O2S. The van der Waals surface area contributed by atoms with E-state index in [1.165, 1.54) is 16.2 Å². The number of hydrogen-bond donors (Lipinski definition) is 1. The van der Waals surface area contributed by atoms with Crippen molar-refractivity contribution in [3.8, 4) is 11.5 Å². The van der Waals surface area contributed by atoms with Gasteiger partial charge in [0.15, 0.2) is 0 Å².